The van der Waals surface area contributed by atoms with Crippen molar-refractivity contribution in [2.45, 2.75) is 33.4 Å². The zero-order valence-corrected chi connectivity index (χ0v) is 16.5. The first-order valence-electron chi connectivity index (χ1n) is 9.49. The Kier molecular flexibility index (Phi) is 6.13. The molecule has 1 atom stereocenters. The van der Waals surface area contributed by atoms with Crippen LogP contribution in [0.1, 0.15) is 25.0 Å². The van der Waals surface area contributed by atoms with Gasteiger partial charge in [-0.15, -0.1) is 0 Å². The Morgan fingerprint density at radius 2 is 1.96 bits per heavy atom. The van der Waals surface area contributed by atoms with Crippen LogP contribution < -0.4 is 15.1 Å². The lowest BCUT2D eigenvalue weighted by molar-refractivity contribution is -0.144. The number of rotatable bonds is 5. The molecule has 0 fully saturated rings. The number of carbonyl (C=O) groups is 2. The SMILES string of the molecule is CCOC(=O)C(C)NC(=O)N1CCN(Cc2ccc(C)cc2)c2ncccc21. The predicted octanol–water partition coefficient (Wildman–Crippen LogP) is 2.88. The van der Waals surface area contributed by atoms with E-state index in [2.05, 4.69) is 46.4 Å². The number of esters is 1. The molecular formula is C21H26N4O3. The number of aromatic nitrogens is 1. The fourth-order valence-electron chi connectivity index (χ4n) is 3.16. The summed E-state index contributed by atoms with van der Waals surface area (Å²) >= 11 is 0. The number of pyridine rings is 1. The van der Waals surface area contributed by atoms with E-state index in [-0.39, 0.29) is 12.6 Å². The second kappa shape index (κ2) is 8.73. The number of aryl methyl sites for hydroxylation is 1. The number of nitrogens with zero attached hydrogens (tertiary/aromatic N) is 3. The molecule has 1 aliphatic heterocycles. The van der Waals surface area contributed by atoms with E-state index < -0.39 is 12.0 Å². The van der Waals surface area contributed by atoms with Gasteiger partial charge in [0.05, 0.1) is 12.3 Å². The van der Waals surface area contributed by atoms with Gasteiger partial charge in [0.15, 0.2) is 5.82 Å². The molecule has 2 heterocycles. The van der Waals surface area contributed by atoms with Gasteiger partial charge < -0.3 is 15.0 Å². The van der Waals surface area contributed by atoms with E-state index in [9.17, 15) is 9.59 Å². The Labute approximate surface area is 165 Å². The van der Waals surface area contributed by atoms with Crippen LogP contribution in [0.3, 0.4) is 0 Å². The van der Waals surface area contributed by atoms with Gasteiger partial charge in [0.1, 0.15) is 6.04 Å². The van der Waals surface area contributed by atoms with Gasteiger partial charge in [0.2, 0.25) is 0 Å². The van der Waals surface area contributed by atoms with E-state index in [1.165, 1.54) is 11.1 Å². The number of ether oxygens (including phenoxy) is 1. The van der Waals surface area contributed by atoms with Gasteiger partial charge in [0.25, 0.3) is 0 Å². The van der Waals surface area contributed by atoms with Crippen LogP contribution in [0.2, 0.25) is 0 Å². The molecule has 1 aromatic carbocycles. The first-order chi connectivity index (χ1) is 13.5. The molecule has 0 spiro atoms. The highest BCUT2D eigenvalue weighted by Crippen LogP contribution is 2.31. The summed E-state index contributed by atoms with van der Waals surface area (Å²) in [5, 5.41) is 2.71. The molecule has 7 nitrogen and oxygen atoms in total. The topological polar surface area (TPSA) is 74.8 Å². The lowest BCUT2D eigenvalue weighted by Crippen LogP contribution is -2.51. The minimum atomic E-state index is -0.710. The lowest BCUT2D eigenvalue weighted by atomic mass is 10.1. The summed E-state index contributed by atoms with van der Waals surface area (Å²) in [4.78, 5) is 32.9. The molecule has 3 rings (SSSR count). The van der Waals surface area contributed by atoms with Crippen molar-refractivity contribution in [1.82, 2.24) is 10.3 Å². The van der Waals surface area contributed by atoms with Crippen molar-refractivity contribution in [3.63, 3.8) is 0 Å². The van der Waals surface area contributed by atoms with Crippen LogP contribution >= 0.6 is 0 Å². The van der Waals surface area contributed by atoms with Crippen molar-refractivity contribution in [3.8, 4) is 0 Å². The maximum atomic E-state index is 12.7. The first-order valence-corrected chi connectivity index (χ1v) is 9.49. The Morgan fingerprint density at radius 1 is 1.21 bits per heavy atom. The Balaban J connectivity index is 1.75. The fourth-order valence-corrected chi connectivity index (χ4v) is 3.16. The molecule has 0 saturated carbocycles. The van der Waals surface area contributed by atoms with Crippen molar-refractivity contribution in [1.29, 1.82) is 0 Å². The molecule has 1 aliphatic rings. The number of urea groups is 1. The Bertz CT molecular complexity index is 838. The van der Waals surface area contributed by atoms with E-state index in [1.54, 1.807) is 24.9 Å². The second-order valence-corrected chi connectivity index (χ2v) is 6.83. The number of hydrogen-bond acceptors (Lipinski definition) is 5. The van der Waals surface area contributed by atoms with Gasteiger partial charge in [-0.25, -0.2) is 14.6 Å². The van der Waals surface area contributed by atoms with E-state index in [0.29, 0.717) is 13.1 Å². The van der Waals surface area contributed by atoms with Crippen molar-refractivity contribution < 1.29 is 14.3 Å². The smallest absolute Gasteiger partial charge is 0.328 e. The minimum absolute atomic E-state index is 0.281. The second-order valence-electron chi connectivity index (χ2n) is 6.83. The quantitative estimate of drug-likeness (QED) is 0.805. The standard InChI is InChI=1S/C21H26N4O3/c1-4-28-20(26)16(3)23-21(27)25-13-12-24(19-18(25)6-5-11-22-19)14-17-9-7-15(2)8-10-17/h5-11,16H,4,12-14H2,1-3H3,(H,23,27). The molecule has 2 aromatic rings. The summed E-state index contributed by atoms with van der Waals surface area (Å²) in [7, 11) is 0. The highest BCUT2D eigenvalue weighted by atomic mass is 16.5. The number of nitrogens with one attached hydrogen (secondary N) is 1. The lowest BCUT2D eigenvalue weighted by Gasteiger charge is -2.37. The third-order valence-electron chi connectivity index (χ3n) is 4.67. The highest BCUT2D eigenvalue weighted by molar-refractivity contribution is 5.97. The van der Waals surface area contributed by atoms with Crippen LogP contribution in [-0.2, 0) is 16.1 Å². The summed E-state index contributed by atoms with van der Waals surface area (Å²) in [5.41, 5.74) is 3.14. The first kappa shape index (κ1) is 19.7. The van der Waals surface area contributed by atoms with Gasteiger partial charge in [-0.05, 0) is 38.5 Å². The molecule has 0 radical (unpaired) electrons. The monoisotopic (exact) mass is 382 g/mol. The normalized spacial score (nSPS) is 14.2. The molecule has 2 amide bonds. The van der Waals surface area contributed by atoms with E-state index in [0.717, 1.165) is 18.1 Å². The van der Waals surface area contributed by atoms with Gasteiger partial charge in [-0.3, -0.25) is 4.90 Å². The van der Waals surface area contributed by atoms with Gasteiger partial charge in [-0.2, -0.15) is 0 Å². The van der Waals surface area contributed by atoms with Crippen LogP contribution in [-0.4, -0.2) is 42.7 Å². The molecular weight excluding hydrogens is 356 g/mol. The number of amides is 2. The third kappa shape index (κ3) is 4.42. The van der Waals surface area contributed by atoms with Crippen LogP contribution in [0.25, 0.3) is 0 Å². The predicted molar refractivity (Wildman–Crippen MR) is 108 cm³/mol. The molecule has 28 heavy (non-hydrogen) atoms. The summed E-state index contributed by atoms with van der Waals surface area (Å²) in [6.07, 6.45) is 1.73. The van der Waals surface area contributed by atoms with Crippen molar-refractivity contribution >= 4 is 23.5 Å². The molecule has 0 saturated heterocycles. The van der Waals surface area contributed by atoms with E-state index in [1.807, 2.05) is 12.1 Å². The maximum absolute atomic E-state index is 12.7. The number of hydrogen-bond donors (Lipinski definition) is 1. The summed E-state index contributed by atoms with van der Waals surface area (Å²) in [5.74, 6) is 0.313. The van der Waals surface area contributed by atoms with Gasteiger partial charge >= 0.3 is 12.0 Å². The largest absolute Gasteiger partial charge is 0.464 e. The average molecular weight is 382 g/mol. The van der Waals surface area contributed by atoms with Gasteiger partial charge in [0, 0.05) is 25.8 Å². The van der Waals surface area contributed by atoms with Crippen molar-refractivity contribution in [2.24, 2.45) is 0 Å². The molecule has 1 aromatic heterocycles. The molecule has 7 heteroatoms. The fraction of sp³-hybridized carbons (Fsp3) is 0.381. The Hall–Kier alpha value is -3.09. The van der Waals surface area contributed by atoms with Crippen molar-refractivity contribution in [3.05, 3.63) is 53.7 Å². The number of anilines is 2. The van der Waals surface area contributed by atoms with E-state index >= 15 is 0 Å². The molecule has 148 valence electrons. The summed E-state index contributed by atoms with van der Waals surface area (Å²) in [6, 6.07) is 11.0. The zero-order valence-electron chi connectivity index (χ0n) is 16.5. The highest BCUT2D eigenvalue weighted by Gasteiger charge is 2.29. The summed E-state index contributed by atoms with van der Waals surface area (Å²) in [6.45, 7) is 7.58. The molecule has 1 N–H and O–H groups in total. The summed E-state index contributed by atoms with van der Waals surface area (Å²) < 4.78 is 4.96. The van der Waals surface area contributed by atoms with Crippen LogP contribution in [0, 0.1) is 6.92 Å². The number of benzene rings is 1. The average Bonchev–Trinajstić information content (AvgIpc) is 2.70. The van der Waals surface area contributed by atoms with Crippen LogP contribution in [0.4, 0.5) is 16.3 Å². The molecule has 1 unspecified atom stereocenters. The van der Waals surface area contributed by atoms with Crippen LogP contribution in [0.5, 0.6) is 0 Å². The minimum Gasteiger partial charge on any atom is -0.464 e. The van der Waals surface area contributed by atoms with E-state index in [4.69, 9.17) is 4.74 Å². The van der Waals surface area contributed by atoms with Crippen LogP contribution in [0.15, 0.2) is 42.6 Å². The van der Waals surface area contributed by atoms with Gasteiger partial charge in [-0.1, -0.05) is 29.8 Å². The Morgan fingerprint density at radius 3 is 2.68 bits per heavy atom. The third-order valence-corrected chi connectivity index (χ3v) is 4.67. The molecule has 0 aliphatic carbocycles. The zero-order chi connectivity index (χ0) is 20.1. The maximum Gasteiger partial charge on any atom is 0.328 e. The van der Waals surface area contributed by atoms with Crippen molar-refractivity contribution in [2.75, 3.05) is 29.5 Å². The number of fused-ring (bicyclic) bond motifs is 1. The molecule has 0 bridgehead atoms. The number of carbonyl (C=O) groups excluding carboxylic acids is 2.